The molecule has 5 aromatic rings. The van der Waals surface area contributed by atoms with Crippen LogP contribution in [0.25, 0.3) is 27.7 Å². The zero-order chi connectivity index (χ0) is 22.1. The molecule has 0 aliphatic heterocycles. The normalized spacial score (nSPS) is 11.2. The number of nitrogens with one attached hydrogen (secondary N) is 1. The first-order valence-corrected chi connectivity index (χ1v) is 11.9. The van der Waals surface area contributed by atoms with Crippen molar-refractivity contribution in [3.05, 3.63) is 108 Å². The van der Waals surface area contributed by atoms with E-state index in [-0.39, 0.29) is 5.78 Å². The molecular weight excluding hydrogens is 414 g/mol. The first kappa shape index (κ1) is 20.3. The van der Waals surface area contributed by atoms with E-state index in [1.165, 1.54) is 0 Å². The number of hydrogen-bond acceptors (Lipinski definition) is 3. The number of benzene rings is 3. The predicted molar refractivity (Wildman–Crippen MR) is 133 cm³/mol. The number of imidazole rings is 1. The van der Waals surface area contributed by atoms with Crippen molar-refractivity contribution < 1.29 is 4.79 Å². The molecule has 0 saturated heterocycles. The molecule has 5 rings (SSSR count). The van der Waals surface area contributed by atoms with E-state index < -0.39 is 0 Å². The van der Waals surface area contributed by atoms with E-state index in [1.807, 2.05) is 54.1 Å². The highest BCUT2D eigenvalue weighted by atomic mass is 32.2. The Labute approximate surface area is 191 Å². The molecule has 0 atom stereocenters. The fourth-order valence-electron chi connectivity index (χ4n) is 4.30. The third kappa shape index (κ3) is 3.55. The SMILES string of the molecule is CSCc1cccc(C(=O)c2c(-c3cccc4ccccc34)cn(-c3cnc[nH]3)c2C)c1. The highest BCUT2D eigenvalue weighted by molar-refractivity contribution is 7.97. The van der Waals surface area contributed by atoms with Gasteiger partial charge in [-0.15, -0.1) is 0 Å². The molecular formula is C27H23N3OS. The summed E-state index contributed by atoms with van der Waals surface area (Å²) in [4.78, 5) is 21.2. The Bertz CT molecular complexity index is 1410. The number of fused-ring (bicyclic) bond motifs is 1. The van der Waals surface area contributed by atoms with Gasteiger partial charge in [-0.05, 0) is 41.1 Å². The second kappa shape index (κ2) is 8.52. The minimum absolute atomic E-state index is 0.0339. The van der Waals surface area contributed by atoms with E-state index in [9.17, 15) is 4.79 Å². The highest BCUT2D eigenvalue weighted by Gasteiger charge is 2.24. The van der Waals surface area contributed by atoms with E-state index in [2.05, 4.69) is 46.6 Å². The molecule has 1 N–H and O–H groups in total. The largest absolute Gasteiger partial charge is 0.331 e. The molecule has 0 aliphatic rings. The molecule has 32 heavy (non-hydrogen) atoms. The van der Waals surface area contributed by atoms with Gasteiger partial charge in [0.05, 0.1) is 18.1 Å². The van der Waals surface area contributed by atoms with Gasteiger partial charge >= 0.3 is 0 Å². The van der Waals surface area contributed by atoms with Crippen molar-refractivity contribution in [2.45, 2.75) is 12.7 Å². The molecule has 2 heterocycles. The first-order chi connectivity index (χ1) is 15.7. The number of hydrogen-bond donors (Lipinski definition) is 1. The van der Waals surface area contributed by atoms with Crippen LogP contribution in [0.15, 0.2) is 85.5 Å². The summed E-state index contributed by atoms with van der Waals surface area (Å²) in [5.41, 5.74) is 5.45. The van der Waals surface area contributed by atoms with Crippen LogP contribution < -0.4 is 0 Å². The van der Waals surface area contributed by atoms with Crippen LogP contribution in [0.1, 0.15) is 27.2 Å². The van der Waals surface area contributed by atoms with Crippen LogP contribution in [0.2, 0.25) is 0 Å². The molecule has 2 aromatic heterocycles. The van der Waals surface area contributed by atoms with Gasteiger partial charge in [0.15, 0.2) is 5.78 Å². The Balaban J connectivity index is 1.75. The van der Waals surface area contributed by atoms with Crippen molar-refractivity contribution in [1.29, 1.82) is 0 Å². The molecule has 0 unspecified atom stereocenters. The van der Waals surface area contributed by atoms with E-state index in [4.69, 9.17) is 0 Å². The van der Waals surface area contributed by atoms with Gasteiger partial charge in [-0.25, -0.2) is 4.98 Å². The molecule has 0 saturated carbocycles. The molecule has 0 radical (unpaired) electrons. The molecule has 0 amide bonds. The first-order valence-electron chi connectivity index (χ1n) is 10.5. The summed E-state index contributed by atoms with van der Waals surface area (Å²) < 4.78 is 2.02. The summed E-state index contributed by atoms with van der Waals surface area (Å²) in [6, 6.07) is 22.5. The van der Waals surface area contributed by atoms with Crippen molar-refractivity contribution >= 4 is 28.3 Å². The van der Waals surface area contributed by atoms with Crippen molar-refractivity contribution in [2.24, 2.45) is 0 Å². The van der Waals surface area contributed by atoms with Crippen LogP contribution in [0.4, 0.5) is 0 Å². The van der Waals surface area contributed by atoms with Gasteiger partial charge in [0, 0.05) is 28.8 Å². The topological polar surface area (TPSA) is 50.7 Å². The van der Waals surface area contributed by atoms with Crippen LogP contribution >= 0.6 is 11.8 Å². The van der Waals surface area contributed by atoms with Crippen LogP contribution in [0, 0.1) is 6.92 Å². The van der Waals surface area contributed by atoms with Gasteiger partial charge in [-0.3, -0.25) is 4.79 Å². The van der Waals surface area contributed by atoms with Crippen LogP contribution in [-0.4, -0.2) is 26.6 Å². The molecule has 4 nitrogen and oxygen atoms in total. The van der Waals surface area contributed by atoms with Crippen LogP contribution in [0.5, 0.6) is 0 Å². The van der Waals surface area contributed by atoms with E-state index in [1.54, 1.807) is 24.3 Å². The number of aromatic nitrogens is 3. The number of thioether (sulfide) groups is 1. The molecule has 5 heteroatoms. The summed E-state index contributed by atoms with van der Waals surface area (Å²) >= 11 is 1.75. The van der Waals surface area contributed by atoms with Crippen molar-refractivity contribution in [3.8, 4) is 16.9 Å². The second-order valence-corrected chi connectivity index (χ2v) is 8.67. The lowest BCUT2D eigenvalue weighted by atomic mass is 9.92. The average Bonchev–Trinajstić information content (AvgIpc) is 3.46. The number of rotatable bonds is 6. The fourth-order valence-corrected chi connectivity index (χ4v) is 4.81. The van der Waals surface area contributed by atoms with Gasteiger partial charge in [-0.1, -0.05) is 60.7 Å². The Morgan fingerprint density at radius 3 is 2.66 bits per heavy atom. The number of H-pyrrole nitrogens is 1. The van der Waals surface area contributed by atoms with Gasteiger partial charge in [-0.2, -0.15) is 11.8 Å². The van der Waals surface area contributed by atoms with Gasteiger partial charge in [0.2, 0.25) is 0 Å². The van der Waals surface area contributed by atoms with E-state index in [0.29, 0.717) is 5.56 Å². The molecule has 0 spiro atoms. The summed E-state index contributed by atoms with van der Waals surface area (Å²) in [6.07, 6.45) is 7.54. The summed E-state index contributed by atoms with van der Waals surface area (Å²) in [5, 5.41) is 2.28. The Morgan fingerprint density at radius 2 is 1.84 bits per heavy atom. The van der Waals surface area contributed by atoms with Crippen molar-refractivity contribution in [2.75, 3.05) is 6.26 Å². The number of carbonyl (C=O) groups excluding carboxylic acids is 1. The third-order valence-electron chi connectivity index (χ3n) is 5.80. The van der Waals surface area contributed by atoms with Crippen molar-refractivity contribution in [3.63, 3.8) is 0 Å². The second-order valence-electron chi connectivity index (χ2n) is 7.80. The van der Waals surface area contributed by atoms with Crippen molar-refractivity contribution in [1.82, 2.24) is 14.5 Å². The summed E-state index contributed by atoms with van der Waals surface area (Å²) in [7, 11) is 0. The number of carbonyl (C=O) groups is 1. The summed E-state index contributed by atoms with van der Waals surface area (Å²) in [6.45, 7) is 1.99. The van der Waals surface area contributed by atoms with E-state index in [0.717, 1.165) is 50.3 Å². The average molecular weight is 438 g/mol. The minimum Gasteiger partial charge on any atom is -0.331 e. The maximum atomic E-state index is 13.9. The number of aromatic amines is 1. The van der Waals surface area contributed by atoms with Gasteiger partial charge in [0.25, 0.3) is 0 Å². The Morgan fingerprint density at radius 1 is 1.03 bits per heavy atom. The standard InChI is InChI=1S/C27H23N3OS/c1-18-26(27(31)21-10-5-7-19(13-21)16-32-2)24(15-30(18)25-14-28-17-29-25)23-12-6-9-20-8-3-4-11-22(20)23/h3-15,17H,16H2,1-2H3,(H,28,29). The summed E-state index contributed by atoms with van der Waals surface area (Å²) in [5.74, 6) is 1.75. The lowest BCUT2D eigenvalue weighted by Crippen LogP contribution is -2.06. The van der Waals surface area contributed by atoms with Gasteiger partial charge in [0.1, 0.15) is 5.82 Å². The number of nitrogens with zero attached hydrogens (tertiary/aromatic N) is 2. The van der Waals surface area contributed by atoms with Crippen LogP contribution in [-0.2, 0) is 5.75 Å². The highest BCUT2D eigenvalue weighted by Crippen LogP contribution is 2.36. The maximum absolute atomic E-state index is 13.9. The smallest absolute Gasteiger partial charge is 0.195 e. The van der Waals surface area contributed by atoms with Gasteiger partial charge < -0.3 is 9.55 Å². The fraction of sp³-hybridized carbons (Fsp3) is 0.111. The lowest BCUT2D eigenvalue weighted by Gasteiger charge is -2.10. The molecule has 0 bridgehead atoms. The van der Waals surface area contributed by atoms with E-state index >= 15 is 0 Å². The zero-order valence-electron chi connectivity index (χ0n) is 18.0. The predicted octanol–water partition coefficient (Wildman–Crippen LogP) is 6.42. The zero-order valence-corrected chi connectivity index (χ0v) is 18.8. The third-order valence-corrected chi connectivity index (χ3v) is 6.42. The Kier molecular flexibility index (Phi) is 5.41. The molecule has 3 aromatic carbocycles. The monoisotopic (exact) mass is 437 g/mol. The molecule has 0 fully saturated rings. The number of ketones is 1. The molecule has 158 valence electrons. The quantitative estimate of drug-likeness (QED) is 0.312. The maximum Gasteiger partial charge on any atom is 0.195 e. The lowest BCUT2D eigenvalue weighted by molar-refractivity contribution is 0.103. The minimum atomic E-state index is 0.0339. The Hall–Kier alpha value is -3.57. The van der Waals surface area contributed by atoms with Crippen LogP contribution in [0.3, 0.4) is 0 Å². The molecule has 0 aliphatic carbocycles.